The molecular weight excluding hydrogens is 468 g/mol. The Kier molecular flexibility index (Phi) is 5.00. The summed E-state index contributed by atoms with van der Waals surface area (Å²) in [7, 11) is 0. The van der Waals surface area contributed by atoms with Gasteiger partial charge in [0.15, 0.2) is 0 Å². The lowest BCUT2D eigenvalue weighted by Gasteiger charge is -2.24. The summed E-state index contributed by atoms with van der Waals surface area (Å²) in [6, 6.07) is 17.3. The molecule has 0 bridgehead atoms. The van der Waals surface area contributed by atoms with Gasteiger partial charge in [0.1, 0.15) is 23.9 Å². The number of furan rings is 1. The summed E-state index contributed by atoms with van der Waals surface area (Å²) in [5, 5.41) is 9.35. The average Bonchev–Trinajstić information content (AvgIpc) is 3.64. The Morgan fingerprint density at radius 1 is 1.11 bits per heavy atom. The van der Waals surface area contributed by atoms with Crippen LogP contribution in [0.1, 0.15) is 41.3 Å². The summed E-state index contributed by atoms with van der Waals surface area (Å²) in [4.78, 5) is 40.8. The van der Waals surface area contributed by atoms with Gasteiger partial charge in [-0.05, 0) is 53.8 Å². The number of benzene rings is 2. The minimum atomic E-state index is -1.11. The van der Waals surface area contributed by atoms with E-state index in [1.165, 1.54) is 11.3 Å². The number of hydrogen-bond donors (Lipinski definition) is 1. The second kappa shape index (κ2) is 8.09. The highest BCUT2D eigenvalue weighted by Crippen LogP contribution is 2.41. The van der Waals surface area contributed by atoms with E-state index in [9.17, 15) is 14.4 Å². The van der Waals surface area contributed by atoms with E-state index in [4.69, 9.17) is 16.0 Å². The number of amides is 4. The Morgan fingerprint density at radius 3 is 2.69 bits per heavy atom. The number of hydrazone groups is 1. The third-order valence-electron chi connectivity index (χ3n) is 6.93. The van der Waals surface area contributed by atoms with Crippen molar-refractivity contribution in [2.45, 2.75) is 30.8 Å². The molecule has 176 valence electrons. The molecule has 4 amide bonds. The fourth-order valence-corrected chi connectivity index (χ4v) is 5.33. The van der Waals surface area contributed by atoms with Crippen molar-refractivity contribution in [1.82, 2.24) is 15.2 Å². The molecule has 1 N–H and O–H groups in total. The predicted molar refractivity (Wildman–Crippen MR) is 128 cm³/mol. The highest BCUT2D eigenvalue weighted by Gasteiger charge is 2.56. The van der Waals surface area contributed by atoms with E-state index in [1.807, 2.05) is 36.4 Å². The molecule has 1 aliphatic carbocycles. The minimum absolute atomic E-state index is 0.406. The number of aryl methyl sites for hydroxylation is 1. The monoisotopic (exact) mass is 488 g/mol. The molecule has 2 aliphatic heterocycles. The maximum Gasteiger partial charge on any atom is 0.325 e. The molecule has 8 nitrogen and oxygen atoms in total. The number of imide groups is 1. The van der Waals surface area contributed by atoms with Gasteiger partial charge in [0.05, 0.1) is 12.0 Å². The van der Waals surface area contributed by atoms with E-state index in [2.05, 4.69) is 10.4 Å². The quantitative estimate of drug-likeness (QED) is 0.561. The lowest BCUT2D eigenvalue weighted by Crippen LogP contribution is -2.44. The number of fused-ring (bicyclic) bond motifs is 2. The van der Waals surface area contributed by atoms with E-state index in [0.29, 0.717) is 35.8 Å². The largest absolute Gasteiger partial charge is 0.467 e. The first kappa shape index (κ1) is 21.6. The second-order valence-corrected chi connectivity index (χ2v) is 9.35. The van der Waals surface area contributed by atoms with Crippen LogP contribution in [0.15, 0.2) is 76.4 Å². The van der Waals surface area contributed by atoms with Crippen LogP contribution in [0.2, 0.25) is 5.02 Å². The van der Waals surface area contributed by atoms with Crippen molar-refractivity contribution in [3.63, 3.8) is 0 Å². The molecule has 35 heavy (non-hydrogen) atoms. The van der Waals surface area contributed by atoms with Crippen LogP contribution < -0.4 is 5.32 Å². The maximum atomic E-state index is 13.5. The zero-order valence-electron chi connectivity index (χ0n) is 18.6. The van der Waals surface area contributed by atoms with E-state index in [1.54, 1.807) is 24.3 Å². The van der Waals surface area contributed by atoms with E-state index >= 15 is 0 Å². The molecular formula is C26H21ClN4O4. The van der Waals surface area contributed by atoms with Crippen LogP contribution in [0, 0.1) is 0 Å². The molecule has 0 saturated carbocycles. The molecule has 0 radical (unpaired) electrons. The second-order valence-electron chi connectivity index (χ2n) is 8.91. The van der Waals surface area contributed by atoms with E-state index < -0.39 is 36.0 Å². The Bertz CT molecular complexity index is 1370. The molecule has 9 heteroatoms. The summed E-state index contributed by atoms with van der Waals surface area (Å²) >= 11 is 6.02. The van der Waals surface area contributed by atoms with Crippen LogP contribution in [0.25, 0.3) is 0 Å². The van der Waals surface area contributed by atoms with Crippen LogP contribution >= 0.6 is 11.6 Å². The fourth-order valence-electron chi connectivity index (χ4n) is 5.20. The standard InChI is InChI=1S/C26H21ClN4O4/c27-18-9-7-17(8-10-18)20-14-21(22-6-3-13-35-22)31(29-20)23(32)15-30-24(33)26(28-25(30)34)12-11-16-4-1-2-5-19(16)26/h1-10,13,21H,11-12,14-15H2,(H,28,34)/t21-,26-/m1/s1. The Labute approximate surface area is 206 Å². The van der Waals surface area contributed by atoms with Gasteiger partial charge in [0, 0.05) is 11.4 Å². The molecule has 3 aromatic rings. The number of urea groups is 1. The van der Waals surface area contributed by atoms with Crippen molar-refractivity contribution in [1.29, 1.82) is 0 Å². The lowest BCUT2D eigenvalue weighted by atomic mass is 9.92. The lowest BCUT2D eigenvalue weighted by molar-refractivity contribution is -0.140. The van der Waals surface area contributed by atoms with Gasteiger partial charge in [0.25, 0.3) is 11.8 Å². The van der Waals surface area contributed by atoms with Gasteiger partial charge in [-0.2, -0.15) is 5.10 Å². The van der Waals surface area contributed by atoms with Crippen LogP contribution in [0.3, 0.4) is 0 Å². The van der Waals surface area contributed by atoms with Gasteiger partial charge < -0.3 is 9.73 Å². The van der Waals surface area contributed by atoms with Crippen LogP contribution in [0.4, 0.5) is 4.79 Å². The minimum Gasteiger partial charge on any atom is -0.467 e. The zero-order chi connectivity index (χ0) is 24.2. The highest BCUT2D eigenvalue weighted by atomic mass is 35.5. The number of carbonyl (C=O) groups is 3. The molecule has 1 spiro atoms. The topological polar surface area (TPSA) is 95.2 Å². The number of carbonyl (C=O) groups excluding carboxylic acids is 3. The van der Waals surface area contributed by atoms with Gasteiger partial charge in [-0.1, -0.05) is 48.0 Å². The summed E-state index contributed by atoms with van der Waals surface area (Å²) < 4.78 is 5.58. The number of nitrogens with one attached hydrogen (secondary N) is 1. The smallest absolute Gasteiger partial charge is 0.325 e. The Morgan fingerprint density at radius 2 is 1.91 bits per heavy atom. The van der Waals surface area contributed by atoms with Crippen LogP contribution in [-0.4, -0.2) is 40.0 Å². The highest BCUT2D eigenvalue weighted by molar-refractivity contribution is 6.30. The summed E-state index contributed by atoms with van der Waals surface area (Å²) in [5.74, 6) is -0.303. The molecule has 1 fully saturated rings. The summed E-state index contributed by atoms with van der Waals surface area (Å²) in [6.45, 7) is -0.414. The van der Waals surface area contributed by atoms with Crippen molar-refractivity contribution < 1.29 is 18.8 Å². The number of hydrogen-bond acceptors (Lipinski definition) is 5. The van der Waals surface area contributed by atoms with Crippen molar-refractivity contribution in [2.75, 3.05) is 6.54 Å². The molecule has 1 aromatic heterocycles. The van der Waals surface area contributed by atoms with Gasteiger partial charge in [-0.15, -0.1) is 0 Å². The van der Waals surface area contributed by atoms with Crippen LogP contribution in [0.5, 0.6) is 0 Å². The third-order valence-corrected chi connectivity index (χ3v) is 7.18. The van der Waals surface area contributed by atoms with Crippen LogP contribution in [-0.2, 0) is 21.5 Å². The first-order valence-electron chi connectivity index (χ1n) is 11.4. The molecule has 3 aliphatic rings. The fraction of sp³-hybridized carbons (Fsp3) is 0.231. The predicted octanol–water partition coefficient (Wildman–Crippen LogP) is 4.00. The number of rotatable bonds is 4. The van der Waals surface area contributed by atoms with Gasteiger partial charge in [0.2, 0.25) is 0 Å². The Hall–Kier alpha value is -3.91. The summed E-state index contributed by atoms with van der Waals surface area (Å²) in [5.41, 5.74) is 2.24. The SMILES string of the molecule is O=C1N[C@@]2(CCc3ccccc32)C(=O)N1CC(=O)N1N=C(c2ccc(Cl)cc2)C[C@@H]1c1ccco1. The number of nitrogens with zero attached hydrogens (tertiary/aromatic N) is 3. The van der Waals surface area contributed by atoms with Crippen molar-refractivity contribution >= 4 is 35.2 Å². The van der Waals surface area contributed by atoms with Gasteiger partial charge >= 0.3 is 6.03 Å². The van der Waals surface area contributed by atoms with Gasteiger partial charge in [-0.25, -0.2) is 9.80 Å². The first-order valence-corrected chi connectivity index (χ1v) is 11.8. The van der Waals surface area contributed by atoms with E-state index in [0.717, 1.165) is 21.6 Å². The molecule has 0 unspecified atom stereocenters. The Balaban J connectivity index is 1.28. The van der Waals surface area contributed by atoms with Crippen molar-refractivity contribution in [2.24, 2.45) is 5.10 Å². The molecule has 6 rings (SSSR count). The first-order chi connectivity index (χ1) is 17.0. The van der Waals surface area contributed by atoms with Gasteiger partial charge in [-0.3, -0.25) is 14.5 Å². The van der Waals surface area contributed by atoms with Crippen molar-refractivity contribution in [3.05, 3.63) is 94.4 Å². The zero-order valence-corrected chi connectivity index (χ0v) is 19.4. The number of halogens is 1. The molecule has 2 aromatic carbocycles. The van der Waals surface area contributed by atoms with Crippen molar-refractivity contribution in [3.8, 4) is 0 Å². The molecule has 1 saturated heterocycles. The third kappa shape index (κ3) is 3.44. The van der Waals surface area contributed by atoms with E-state index in [-0.39, 0.29) is 0 Å². The average molecular weight is 489 g/mol. The molecule has 2 atom stereocenters. The normalized spacial score (nSPS) is 23.1. The molecule has 3 heterocycles. The maximum absolute atomic E-state index is 13.5. The summed E-state index contributed by atoms with van der Waals surface area (Å²) in [6.07, 6.45) is 3.12.